The number of phenols is 1. The second-order valence-electron chi connectivity index (χ2n) is 3.27. The number of rotatable bonds is 1. The highest BCUT2D eigenvalue weighted by molar-refractivity contribution is 6.37. The molecule has 0 saturated heterocycles. The summed E-state index contributed by atoms with van der Waals surface area (Å²) in [6, 6.07) is 9.60. The van der Waals surface area contributed by atoms with Crippen molar-refractivity contribution in [2.45, 2.75) is 13.3 Å². The van der Waals surface area contributed by atoms with E-state index in [9.17, 15) is 5.11 Å². The normalized spacial score (nSPS) is 10.7. The smallest absolute Gasteiger partial charge is 0.135 e. The van der Waals surface area contributed by atoms with Crippen LogP contribution in [0.25, 0.3) is 10.8 Å². The fraction of sp³-hybridized carbons (Fsp3) is 0.167. The molecule has 2 heteroatoms. The second kappa shape index (κ2) is 3.50. The number of aromatic hydroxyl groups is 1. The van der Waals surface area contributed by atoms with Gasteiger partial charge in [-0.05, 0) is 23.4 Å². The van der Waals surface area contributed by atoms with E-state index in [0.717, 1.165) is 22.8 Å². The number of aryl methyl sites for hydroxylation is 1. The average Bonchev–Trinajstić information content (AvgIpc) is 2.23. The minimum atomic E-state index is 0.169. The molecule has 0 aliphatic heterocycles. The summed E-state index contributed by atoms with van der Waals surface area (Å²) in [5.74, 6) is 0.169. The van der Waals surface area contributed by atoms with Crippen molar-refractivity contribution in [3.05, 3.63) is 40.9 Å². The molecule has 0 aliphatic carbocycles. The molecule has 0 amide bonds. The van der Waals surface area contributed by atoms with Gasteiger partial charge in [0.05, 0.1) is 5.02 Å². The van der Waals surface area contributed by atoms with Crippen LogP contribution in [0, 0.1) is 0 Å². The molecule has 0 spiro atoms. The van der Waals surface area contributed by atoms with E-state index in [1.807, 2.05) is 24.3 Å². The van der Waals surface area contributed by atoms with Crippen molar-refractivity contribution in [3.8, 4) is 5.75 Å². The van der Waals surface area contributed by atoms with Crippen molar-refractivity contribution in [2.24, 2.45) is 0 Å². The van der Waals surface area contributed by atoms with E-state index in [2.05, 4.69) is 6.92 Å². The van der Waals surface area contributed by atoms with Crippen LogP contribution in [0.15, 0.2) is 30.3 Å². The van der Waals surface area contributed by atoms with E-state index in [1.54, 1.807) is 6.07 Å². The van der Waals surface area contributed by atoms with Gasteiger partial charge in [0.1, 0.15) is 5.75 Å². The van der Waals surface area contributed by atoms with Crippen LogP contribution in [0.2, 0.25) is 5.02 Å². The summed E-state index contributed by atoms with van der Waals surface area (Å²) in [5, 5.41) is 12.1. The molecule has 0 fully saturated rings. The highest BCUT2D eigenvalue weighted by atomic mass is 35.5. The third-order valence-corrected chi connectivity index (χ3v) is 2.82. The lowest BCUT2D eigenvalue weighted by atomic mass is 10.0. The maximum atomic E-state index is 9.60. The van der Waals surface area contributed by atoms with Gasteiger partial charge in [-0.25, -0.2) is 0 Å². The van der Waals surface area contributed by atoms with Gasteiger partial charge in [0.2, 0.25) is 0 Å². The Hall–Kier alpha value is -1.21. The van der Waals surface area contributed by atoms with Crippen LogP contribution in [-0.2, 0) is 6.42 Å². The number of hydrogen-bond acceptors (Lipinski definition) is 1. The fourth-order valence-corrected chi connectivity index (χ4v) is 1.91. The number of fused-ring (bicyclic) bond motifs is 1. The van der Waals surface area contributed by atoms with Crippen LogP contribution in [0.4, 0.5) is 0 Å². The van der Waals surface area contributed by atoms with Gasteiger partial charge < -0.3 is 5.11 Å². The van der Waals surface area contributed by atoms with Gasteiger partial charge in [0, 0.05) is 5.39 Å². The molecule has 0 aliphatic rings. The van der Waals surface area contributed by atoms with Crippen LogP contribution >= 0.6 is 11.6 Å². The Morgan fingerprint density at radius 2 is 1.86 bits per heavy atom. The highest BCUT2D eigenvalue weighted by Crippen LogP contribution is 2.34. The molecule has 0 radical (unpaired) electrons. The average molecular weight is 207 g/mol. The summed E-state index contributed by atoms with van der Waals surface area (Å²) in [7, 11) is 0. The first kappa shape index (κ1) is 9.35. The molecule has 1 N–H and O–H groups in total. The van der Waals surface area contributed by atoms with Crippen molar-refractivity contribution in [2.75, 3.05) is 0 Å². The molecular formula is C12H11ClO. The third-order valence-electron chi connectivity index (χ3n) is 2.43. The number of halogens is 1. The maximum absolute atomic E-state index is 9.60. The van der Waals surface area contributed by atoms with Crippen LogP contribution in [0.1, 0.15) is 12.5 Å². The fourth-order valence-electron chi connectivity index (χ4n) is 1.69. The molecule has 0 saturated carbocycles. The topological polar surface area (TPSA) is 20.2 Å². The Labute approximate surface area is 87.9 Å². The van der Waals surface area contributed by atoms with Gasteiger partial charge in [-0.3, -0.25) is 0 Å². The number of benzene rings is 2. The molecule has 1 nitrogen and oxygen atoms in total. The minimum Gasteiger partial charge on any atom is -0.506 e. The SMILES string of the molecule is CCc1cc(O)c(Cl)c2ccccc12. The Bertz CT molecular complexity index is 477. The van der Waals surface area contributed by atoms with E-state index in [0.29, 0.717) is 5.02 Å². The summed E-state index contributed by atoms with van der Waals surface area (Å²) in [4.78, 5) is 0. The molecule has 0 aromatic heterocycles. The Kier molecular flexibility index (Phi) is 2.34. The molecule has 2 aromatic carbocycles. The van der Waals surface area contributed by atoms with E-state index in [4.69, 9.17) is 11.6 Å². The molecule has 2 aromatic rings. The molecule has 0 bridgehead atoms. The summed E-state index contributed by atoms with van der Waals surface area (Å²) in [6.07, 6.45) is 0.894. The largest absolute Gasteiger partial charge is 0.506 e. The van der Waals surface area contributed by atoms with Crippen LogP contribution < -0.4 is 0 Å². The van der Waals surface area contributed by atoms with Crippen molar-refractivity contribution >= 4 is 22.4 Å². The Morgan fingerprint density at radius 1 is 1.21 bits per heavy atom. The molecule has 0 heterocycles. The molecule has 2 rings (SSSR count). The van der Waals surface area contributed by atoms with Gasteiger partial charge in [-0.15, -0.1) is 0 Å². The Balaban J connectivity index is 2.89. The van der Waals surface area contributed by atoms with Gasteiger partial charge in [-0.1, -0.05) is 42.8 Å². The first-order chi connectivity index (χ1) is 6.74. The molecule has 0 atom stereocenters. The lowest BCUT2D eigenvalue weighted by molar-refractivity contribution is 0.476. The van der Waals surface area contributed by atoms with Crippen molar-refractivity contribution in [1.29, 1.82) is 0 Å². The van der Waals surface area contributed by atoms with Gasteiger partial charge >= 0.3 is 0 Å². The minimum absolute atomic E-state index is 0.169. The molecular weight excluding hydrogens is 196 g/mol. The first-order valence-electron chi connectivity index (χ1n) is 4.63. The van der Waals surface area contributed by atoms with Crippen molar-refractivity contribution < 1.29 is 5.11 Å². The van der Waals surface area contributed by atoms with Crippen molar-refractivity contribution in [1.82, 2.24) is 0 Å². The van der Waals surface area contributed by atoms with E-state index in [-0.39, 0.29) is 5.75 Å². The van der Waals surface area contributed by atoms with E-state index in [1.165, 1.54) is 0 Å². The van der Waals surface area contributed by atoms with Gasteiger partial charge in [0.25, 0.3) is 0 Å². The zero-order valence-electron chi connectivity index (χ0n) is 7.92. The quantitative estimate of drug-likeness (QED) is 0.753. The maximum Gasteiger partial charge on any atom is 0.135 e. The van der Waals surface area contributed by atoms with Crippen molar-refractivity contribution in [3.63, 3.8) is 0 Å². The summed E-state index contributed by atoms with van der Waals surface area (Å²) in [6.45, 7) is 2.06. The van der Waals surface area contributed by atoms with Crippen LogP contribution in [0.3, 0.4) is 0 Å². The summed E-state index contributed by atoms with van der Waals surface area (Å²) in [5.41, 5.74) is 1.13. The zero-order chi connectivity index (χ0) is 10.1. The second-order valence-corrected chi connectivity index (χ2v) is 3.65. The molecule has 14 heavy (non-hydrogen) atoms. The predicted octanol–water partition coefficient (Wildman–Crippen LogP) is 3.76. The zero-order valence-corrected chi connectivity index (χ0v) is 8.67. The van der Waals surface area contributed by atoms with E-state index < -0.39 is 0 Å². The number of phenolic OH excluding ortho intramolecular Hbond substituents is 1. The third kappa shape index (κ3) is 1.34. The lowest BCUT2D eigenvalue weighted by Crippen LogP contribution is -1.85. The van der Waals surface area contributed by atoms with Gasteiger partial charge in [-0.2, -0.15) is 0 Å². The molecule has 72 valence electrons. The number of hydrogen-bond donors (Lipinski definition) is 1. The van der Waals surface area contributed by atoms with E-state index >= 15 is 0 Å². The standard InChI is InChI=1S/C12H11ClO/c1-2-8-7-11(14)12(13)10-6-4-3-5-9(8)10/h3-7,14H,2H2,1H3. The first-order valence-corrected chi connectivity index (χ1v) is 5.01. The summed E-state index contributed by atoms with van der Waals surface area (Å²) < 4.78 is 0. The Morgan fingerprint density at radius 3 is 2.50 bits per heavy atom. The molecule has 0 unspecified atom stereocenters. The monoisotopic (exact) mass is 206 g/mol. The lowest BCUT2D eigenvalue weighted by Gasteiger charge is -2.07. The van der Waals surface area contributed by atoms with Gasteiger partial charge in [0.15, 0.2) is 0 Å². The van der Waals surface area contributed by atoms with Crippen LogP contribution in [-0.4, -0.2) is 5.11 Å². The predicted molar refractivity (Wildman–Crippen MR) is 60.0 cm³/mol. The summed E-state index contributed by atoms with van der Waals surface area (Å²) >= 11 is 6.00. The van der Waals surface area contributed by atoms with Crippen LogP contribution in [0.5, 0.6) is 5.75 Å². The highest BCUT2D eigenvalue weighted by Gasteiger charge is 2.07.